The van der Waals surface area contributed by atoms with E-state index < -0.39 is 18.5 Å². The Morgan fingerprint density at radius 2 is 1.87 bits per heavy atom. The van der Waals surface area contributed by atoms with Crippen molar-refractivity contribution in [3.8, 4) is 5.75 Å². The van der Waals surface area contributed by atoms with Crippen LogP contribution >= 0.6 is 11.6 Å². The standard InChI is InChI=1S/C21H20ClN3O6/c1-12-9-16(17(30-2)10-15(12)22)23-19(27)11-31-21(29)13-3-5-14(6-4-13)25-20(28)8-7-18(26)24-25/h3-6,9-10H,7-8,11H2,1-2H3,(H,23,27)(H,24,26). The number of rotatable bonds is 6. The summed E-state index contributed by atoms with van der Waals surface area (Å²) in [6.07, 6.45) is 0.256. The number of hydrazine groups is 1. The zero-order valence-electron chi connectivity index (χ0n) is 16.9. The summed E-state index contributed by atoms with van der Waals surface area (Å²) >= 11 is 6.04. The second kappa shape index (κ2) is 9.48. The van der Waals surface area contributed by atoms with Gasteiger partial charge in [-0.15, -0.1) is 0 Å². The van der Waals surface area contributed by atoms with Gasteiger partial charge in [-0.25, -0.2) is 9.80 Å². The van der Waals surface area contributed by atoms with E-state index in [9.17, 15) is 19.2 Å². The number of amides is 3. The van der Waals surface area contributed by atoms with Crippen LogP contribution in [-0.2, 0) is 19.1 Å². The number of carbonyl (C=O) groups is 4. The van der Waals surface area contributed by atoms with Gasteiger partial charge in [0, 0.05) is 23.9 Å². The third-order valence-electron chi connectivity index (χ3n) is 4.50. The van der Waals surface area contributed by atoms with E-state index in [-0.39, 0.29) is 30.2 Å². The molecule has 2 aromatic carbocycles. The van der Waals surface area contributed by atoms with Crippen molar-refractivity contribution in [3.63, 3.8) is 0 Å². The molecule has 1 heterocycles. The molecule has 0 radical (unpaired) electrons. The molecule has 0 atom stereocenters. The minimum Gasteiger partial charge on any atom is -0.495 e. The summed E-state index contributed by atoms with van der Waals surface area (Å²) in [5.74, 6) is -1.40. The minimum atomic E-state index is -0.713. The monoisotopic (exact) mass is 445 g/mol. The number of nitrogens with one attached hydrogen (secondary N) is 2. The highest BCUT2D eigenvalue weighted by Gasteiger charge is 2.24. The van der Waals surface area contributed by atoms with Crippen LogP contribution in [0.3, 0.4) is 0 Å². The van der Waals surface area contributed by atoms with Crippen LogP contribution in [0.25, 0.3) is 0 Å². The van der Waals surface area contributed by atoms with E-state index in [0.717, 1.165) is 10.6 Å². The van der Waals surface area contributed by atoms with Gasteiger partial charge < -0.3 is 14.8 Å². The smallest absolute Gasteiger partial charge is 0.338 e. The van der Waals surface area contributed by atoms with Gasteiger partial charge in [0.1, 0.15) is 5.75 Å². The SMILES string of the molecule is COc1cc(Cl)c(C)cc1NC(=O)COC(=O)c1ccc(N2NC(=O)CCC2=O)cc1. The maximum absolute atomic E-state index is 12.2. The molecule has 1 fully saturated rings. The first-order chi connectivity index (χ1) is 14.8. The molecular weight excluding hydrogens is 426 g/mol. The Morgan fingerprint density at radius 1 is 1.16 bits per heavy atom. The molecule has 1 aliphatic heterocycles. The van der Waals surface area contributed by atoms with Gasteiger partial charge in [-0.2, -0.15) is 0 Å². The Hall–Kier alpha value is -3.59. The third-order valence-corrected chi connectivity index (χ3v) is 4.91. The number of hydrogen-bond acceptors (Lipinski definition) is 6. The fraction of sp³-hybridized carbons (Fsp3) is 0.238. The van der Waals surface area contributed by atoms with Gasteiger partial charge in [0.25, 0.3) is 5.91 Å². The molecule has 0 spiro atoms. The van der Waals surface area contributed by atoms with Crippen molar-refractivity contribution in [2.24, 2.45) is 0 Å². The van der Waals surface area contributed by atoms with Crippen LogP contribution in [0.2, 0.25) is 5.02 Å². The maximum atomic E-state index is 12.2. The van der Waals surface area contributed by atoms with Crippen molar-refractivity contribution >= 4 is 46.7 Å². The highest BCUT2D eigenvalue weighted by molar-refractivity contribution is 6.31. The number of benzene rings is 2. The Bertz CT molecular complexity index is 1040. The van der Waals surface area contributed by atoms with Gasteiger partial charge in [-0.3, -0.25) is 19.8 Å². The summed E-state index contributed by atoms with van der Waals surface area (Å²) in [5.41, 5.74) is 4.22. The topological polar surface area (TPSA) is 114 Å². The number of hydrogen-bond donors (Lipinski definition) is 2. The second-order valence-electron chi connectivity index (χ2n) is 6.74. The number of methoxy groups -OCH3 is 1. The van der Waals surface area contributed by atoms with E-state index in [0.29, 0.717) is 22.1 Å². The quantitative estimate of drug-likeness (QED) is 0.660. The molecule has 0 aliphatic carbocycles. The molecule has 3 rings (SSSR count). The van der Waals surface area contributed by atoms with E-state index in [1.807, 2.05) is 0 Å². The van der Waals surface area contributed by atoms with Crippen LogP contribution < -0.4 is 20.5 Å². The highest BCUT2D eigenvalue weighted by Crippen LogP contribution is 2.30. The van der Waals surface area contributed by atoms with Crippen molar-refractivity contribution in [3.05, 3.63) is 52.5 Å². The molecule has 3 amide bonds. The minimum absolute atomic E-state index is 0.114. The molecule has 0 unspecified atom stereocenters. The fourth-order valence-electron chi connectivity index (χ4n) is 2.86. The number of esters is 1. The van der Waals surface area contributed by atoms with Crippen LogP contribution in [-0.4, -0.2) is 37.4 Å². The molecule has 0 saturated carbocycles. The molecule has 31 heavy (non-hydrogen) atoms. The highest BCUT2D eigenvalue weighted by atomic mass is 35.5. The van der Waals surface area contributed by atoms with E-state index in [4.69, 9.17) is 21.1 Å². The molecule has 162 valence electrons. The van der Waals surface area contributed by atoms with Gasteiger partial charge in [0.05, 0.1) is 24.0 Å². The third kappa shape index (κ3) is 5.32. The zero-order chi connectivity index (χ0) is 22.5. The lowest BCUT2D eigenvalue weighted by atomic mass is 10.2. The molecule has 1 aliphatic rings. The molecular formula is C21H20ClN3O6. The predicted octanol–water partition coefficient (Wildman–Crippen LogP) is 2.61. The molecule has 0 aromatic heterocycles. The fourth-order valence-corrected chi connectivity index (χ4v) is 3.01. The van der Waals surface area contributed by atoms with Crippen molar-refractivity contribution in [2.75, 3.05) is 24.0 Å². The number of halogens is 1. The summed E-state index contributed by atoms with van der Waals surface area (Å²) in [5, 5.41) is 4.24. The van der Waals surface area contributed by atoms with Gasteiger partial charge in [-0.1, -0.05) is 11.6 Å². The molecule has 9 nitrogen and oxygen atoms in total. The predicted molar refractivity (Wildman–Crippen MR) is 113 cm³/mol. The first kappa shape index (κ1) is 22.1. The normalized spacial score (nSPS) is 13.5. The maximum Gasteiger partial charge on any atom is 0.338 e. The molecule has 2 N–H and O–H groups in total. The van der Waals surface area contributed by atoms with E-state index >= 15 is 0 Å². The van der Waals surface area contributed by atoms with E-state index in [1.54, 1.807) is 19.1 Å². The lowest BCUT2D eigenvalue weighted by Crippen LogP contribution is -2.50. The Morgan fingerprint density at radius 3 is 2.55 bits per heavy atom. The van der Waals surface area contributed by atoms with Crippen molar-refractivity contribution in [1.82, 2.24) is 5.43 Å². The second-order valence-corrected chi connectivity index (χ2v) is 7.14. The lowest BCUT2D eigenvalue weighted by molar-refractivity contribution is -0.130. The number of carbonyl (C=O) groups excluding carboxylic acids is 4. The summed E-state index contributed by atoms with van der Waals surface area (Å²) in [6, 6.07) is 9.11. The lowest BCUT2D eigenvalue weighted by Gasteiger charge is -2.27. The van der Waals surface area contributed by atoms with Crippen LogP contribution in [0.4, 0.5) is 11.4 Å². The van der Waals surface area contributed by atoms with E-state index in [1.165, 1.54) is 31.4 Å². The number of anilines is 2. The Kier molecular flexibility index (Phi) is 6.76. The Balaban J connectivity index is 1.58. The number of nitrogens with zero attached hydrogens (tertiary/aromatic N) is 1. The summed E-state index contributed by atoms with van der Waals surface area (Å²) in [6.45, 7) is 1.27. The molecule has 2 aromatic rings. The van der Waals surface area contributed by atoms with Crippen molar-refractivity contribution in [1.29, 1.82) is 0 Å². The average molecular weight is 446 g/mol. The van der Waals surface area contributed by atoms with Gasteiger partial charge in [-0.05, 0) is 42.8 Å². The van der Waals surface area contributed by atoms with Crippen LogP contribution in [0.5, 0.6) is 5.75 Å². The van der Waals surface area contributed by atoms with Crippen molar-refractivity contribution in [2.45, 2.75) is 19.8 Å². The van der Waals surface area contributed by atoms with Crippen LogP contribution in [0.15, 0.2) is 36.4 Å². The van der Waals surface area contributed by atoms with Gasteiger partial charge in [0.15, 0.2) is 6.61 Å². The molecule has 0 bridgehead atoms. The largest absolute Gasteiger partial charge is 0.495 e. The first-order valence-electron chi connectivity index (χ1n) is 9.32. The van der Waals surface area contributed by atoms with Crippen molar-refractivity contribution < 1.29 is 28.7 Å². The Labute approximate surface area is 183 Å². The van der Waals surface area contributed by atoms with Crippen LogP contribution in [0, 0.1) is 6.92 Å². The first-order valence-corrected chi connectivity index (χ1v) is 9.70. The van der Waals surface area contributed by atoms with Gasteiger partial charge in [0.2, 0.25) is 11.8 Å². The van der Waals surface area contributed by atoms with Crippen LogP contribution in [0.1, 0.15) is 28.8 Å². The average Bonchev–Trinajstić information content (AvgIpc) is 2.76. The summed E-state index contributed by atoms with van der Waals surface area (Å²) < 4.78 is 10.2. The number of ether oxygens (including phenoxy) is 2. The van der Waals surface area contributed by atoms with E-state index in [2.05, 4.69) is 10.7 Å². The summed E-state index contributed by atoms with van der Waals surface area (Å²) in [7, 11) is 1.45. The number of aryl methyl sites for hydroxylation is 1. The molecule has 10 heteroatoms. The molecule has 1 saturated heterocycles. The summed E-state index contributed by atoms with van der Waals surface area (Å²) in [4.78, 5) is 47.8. The zero-order valence-corrected chi connectivity index (χ0v) is 17.6. The van der Waals surface area contributed by atoms with Gasteiger partial charge >= 0.3 is 5.97 Å².